The molecule has 7 heteroatoms. The molecule has 3 aromatic rings. The average molecular weight is 427 g/mol. The summed E-state index contributed by atoms with van der Waals surface area (Å²) in [5, 5.41) is 5.04. The minimum Gasteiger partial charge on any atom is -0.353 e. The Morgan fingerprint density at radius 2 is 1.52 bits per heavy atom. The van der Waals surface area contributed by atoms with Gasteiger partial charge in [0.25, 0.3) is 11.8 Å². The van der Waals surface area contributed by atoms with Crippen LogP contribution in [-0.4, -0.2) is 16.9 Å². The monoisotopic (exact) mass is 426 g/mol. The molecule has 4 rings (SSSR count). The molecule has 0 aromatic heterocycles. The third kappa shape index (κ3) is 3.60. The van der Waals surface area contributed by atoms with Gasteiger partial charge < -0.3 is 5.32 Å². The molecule has 146 valence electrons. The molecule has 0 radical (unpaired) electrons. The average Bonchev–Trinajstić information content (AvgIpc) is 2.98. The van der Waals surface area contributed by atoms with Crippen LogP contribution in [0.2, 0.25) is 10.0 Å². The fourth-order valence-corrected chi connectivity index (χ4v) is 3.56. The normalized spacial score (nSPS) is 13.0. The molecule has 0 saturated carbocycles. The smallest absolute Gasteiger partial charge is 0.285 e. The van der Waals surface area contributed by atoms with E-state index < -0.39 is 11.8 Å². The number of hydrogen-bond acceptors (Lipinski definition) is 4. The van der Waals surface area contributed by atoms with Crippen molar-refractivity contribution in [2.75, 3.05) is 5.32 Å². The zero-order valence-corrected chi connectivity index (χ0v) is 16.9. The van der Waals surface area contributed by atoms with Gasteiger partial charge >= 0.3 is 0 Å². The van der Waals surface area contributed by atoms with E-state index >= 15 is 0 Å². The van der Waals surface area contributed by atoms with E-state index in [1.165, 1.54) is 0 Å². The third-order valence-corrected chi connectivity index (χ3v) is 5.47. The number of carbonyl (C=O) groups excluding carboxylic acids is 2. The van der Waals surface area contributed by atoms with Crippen molar-refractivity contribution in [2.45, 2.75) is 13.5 Å². The molecule has 0 aliphatic carbocycles. The van der Waals surface area contributed by atoms with E-state index in [0.717, 1.165) is 16.2 Å². The molecule has 1 aliphatic heterocycles. The number of fused-ring (bicyclic) bond motifs is 1. The zero-order chi connectivity index (χ0) is 20.5. The van der Waals surface area contributed by atoms with Crippen molar-refractivity contribution in [3.63, 3.8) is 0 Å². The maximum Gasteiger partial charge on any atom is 0.285 e. The van der Waals surface area contributed by atoms with Crippen molar-refractivity contribution < 1.29 is 14.4 Å². The molecular formula is C22H16Cl2N2O3. The van der Waals surface area contributed by atoms with Gasteiger partial charge in [-0.05, 0) is 36.8 Å². The van der Waals surface area contributed by atoms with Gasteiger partial charge in [0, 0.05) is 11.3 Å². The highest BCUT2D eigenvalue weighted by Crippen LogP contribution is 2.36. The largest absolute Gasteiger partial charge is 0.353 e. The topological polar surface area (TPSA) is 58.6 Å². The summed E-state index contributed by atoms with van der Waals surface area (Å²) in [6, 6.07) is 17.6. The fraction of sp³-hybridized carbons (Fsp3) is 0.0909. The van der Waals surface area contributed by atoms with Crippen molar-refractivity contribution in [1.29, 1.82) is 0 Å². The number of carbonyl (C=O) groups is 2. The number of rotatable bonds is 5. The lowest BCUT2D eigenvalue weighted by atomic mass is 10.1. The molecule has 0 unspecified atom stereocenters. The summed E-state index contributed by atoms with van der Waals surface area (Å²) in [7, 11) is 0. The summed E-state index contributed by atoms with van der Waals surface area (Å²) in [5.74, 6) is -0.943. The van der Waals surface area contributed by atoms with Crippen LogP contribution in [0.15, 0.2) is 60.7 Å². The van der Waals surface area contributed by atoms with E-state index in [9.17, 15) is 9.59 Å². The van der Waals surface area contributed by atoms with Crippen molar-refractivity contribution in [3.8, 4) is 0 Å². The predicted molar refractivity (Wildman–Crippen MR) is 113 cm³/mol. The Hall–Kier alpha value is -2.86. The van der Waals surface area contributed by atoms with Crippen LogP contribution < -0.4 is 5.32 Å². The van der Waals surface area contributed by atoms with E-state index in [0.29, 0.717) is 32.5 Å². The first-order valence-corrected chi connectivity index (χ1v) is 9.63. The molecule has 0 bridgehead atoms. The SMILES string of the molecule is Cc1ccc(Cl)c(Nc2ccccc2CON2C(=O)c3ccccc3C2=O)c1Cl. The summed E-state index contributed by atoms with van der Waals surface area (Å²) in [5.41, 5.74) is 3.58. The number of amides is 2. The highest BCUT2D eigenvalue weighted by molar-refractivity contribution is 6.39. The lowest BCUT2D eigenvalue weighted by Crippen LogP contribution is -2.29. The lowest BCUT2D eigenvalue weighted by Gasteiger charge is -2.17. The molecule has 1 N–H and O–H groups in total. The van der Waals surface area contributed by atoms with Gasteiger partial charge in [-0.25, -0.2) is 0 Å². The summed E-state index contributed by atoms with van der Waals surface area (Å²) < 4.78 is 0. The van der Waals surface area contributed by atoms with Gasteiger partial charge in [0.2, 0.25) is 0 Å². The first kappa shape index (κ1) is 19.5. The Balaban J connectivity index is 1.56. The summed E-state index contributed by atoms with van der Waals surface area (Å²) in [4.78, 5) is 30.5. The van der Waals surface area contributed by atoms with Gasteiger partial charge in [-0.2, -0.15) is 0 Å². The summed E-state index contributed by atoms with van der Waals surface area (Å²) >= 11 is 12.7. The molecular weight excluding hydrogens is 411 g/mol. The molecule has 5 nitrogen and oxygen atoms in total. The maximum absolute atomic E-state index is 12.5. The number of para-hydroxylation sites is 1. The first-order valence-electron chi connectivity index (χ1n) is 8.87. The van der Waals surface area contributed by atoms with E-state index in [2.05, 4.69) is 5.32 Å². The molecule has 0 spiro atoms. The summed E-state index contributed by atoms with van der Waals surface area (Å²) in [6.07, 6.45) is 0. The molecule has 0 fully saturated rings. The van der Waals surface area contributed by atoms with E-state index in [1.54, 1.807) is 30.3 Å². The van der Waals surface area contributed by atoms with Crippen LogP contribution in [0.3, 0.4) is 0 Å². The van der Waals surface area contributed by atoms with Crippen LogP contribution in [0.5, 0.6) is 0 Å². The fourth-order valence-electron chi connectivity index (χ4n) is 3.09. The number of hydrogen-bond donors (Lipinski definition) is 1. The van der Waals surface area contributed by atoms with E-state index in [1.807, 2.05) is 37.3 Å². The highest BCUT2D eigenvalue weighted by atomic mass is 35.5. The van der Waals surface area contributed by atoms with Crippen LogP contribution in [0.1, 0.15) is 31.8 Å². The van der Waals surface area contributed by atoms with Crippen molar-refractivity contribution in [1.82, 2.24) is 5.06 Å². The van der Waals surface area contributed by atoms with Gasteiger partial charge in [0.15, 0.2) is 0 Å². The Labute approximate surface area is 177 Å². The van der Waals surface area contributed by atoms with Gasteiger partial charge in [0.1, 0.15) is 6.61 Å². The number of nitrogens with one attached hydrogen (secondary N) is 1. The molecule has 1 heterocycles. The van der Waals surface area contributed by atoms with Crippen LogP contribution in [0.4, 0.5) is 11.4 Å². The first-order chi connectivity index (χ1) is 14.0. The number of hydroxylamine groups is 2. The number of halogens is 2. The van der Waals surface area contributed by atoms with Gasteiger partial charge in [-0.1, -0.05) is 59.6 Å². The molecule has 29 heavy (non-hydrogen) atoms. The van der Waals surface area contributed by atoms with Crippen LogP contribution >= 0.6 is 23.2 Å². The lowest BCUT2D eigenvalue weighted by molar-refractivity contribution is -0.100. The molecule has 0 atom stereocenters. The second kappa shape index (κ2) is 7.87. The van der Waals surface area contributed by atoms with Crippen molar-refractivity contribution >= 4 is 46.4 Å². The van der Waals surface area contributed by atoms with Crippen molar-refractivity contribution in [2.24, 2.45) is 0 Å². The standard InChI is InChI=1S/C22H16Cl2N2O3/c1-13-10-11-17(23)20(19(13)24)25-18-9-5-2-6-14(18)12-29-26-21(27)15-7-3-4-8-16(15)22(26)28/h2-11,25H,12H2,1H3. The maximum atomic E-state index is 12.5. The predicted octanol–water partition coefficient (Wildman–Crippen LogP) is 5.77. The Bertz CT molecular complexity index is 1100. The number of anilines is 2. The van der Waals surface area contributed by atoms with Gasteiger partial charge in [0.05, 0.1) is 26.9 Å². The second-order valence-corrected chi connectivity index (χ2v) is 7.34. The Morgan fingerprint density at radius 3 is 2.21 bits per heavy atom. The Morgan fingerprint density at radius 1 is 0.897 bits per heavy atom. The minimum atomic E-state index is -0.471. The van der Waals surface area contributed by atoms with E-state index in [-0.39, 0.29) is 6.61 Å². The molecule has 0 saturated heterocycles. The third-order valence-electron chi connectivity index (χ3n) is 4.67. The number of benzene rings is 3. The number of nitrogens with zero attached hydrogens (tertiary/aromatic N) is 1. The van der Waals surface area contributed by atoms with E-state index in [4.69, 9.17) is 28.0 Å². The van der Waals surface area contributed by atoms with Gasteiger partial charge in [-0.15, -0.1) is 5.06 Å². The van der Waals surface area contributed by atoms with Crippen molar-refractivity contribution in [3.05, 3.63) is 93.0 Å². The van der Waals surface area contributed by atoms with Crippen LogP contribution in [0.25, 0.3) is 0 Å². The second-order valence-electron chi connectivity index (χ2n) is 6.56. The summed E-state index contributed by atoms with van der Waals surface area (Å²) in [6.45, 7) is 1.90. The van der Waals surface area contributed by atoms with Crippen LogP contribution in [-0.2, 0) is 11.4 Å². The quantitative estimate of drug-likeness (QED) is 0.525. The van der Waals surface area contributed by atoms with Crippen LogP contribution in [0, 0.1) is 6.92 Å². The number of imide groups is 1. The highest BCUT2D eigenvalue weighted by Gasteiger charge is 2.36. The number of aryl methyl sites for hydroxylation is 1. The molecule has 2 amide bonds. The molecule has 3 aromatic carbocycles. The Kier molecular flexibility index (Phi) is 5.28. The minimum absolute atomic E-state index is 0.00962. The zero-order valence-electron chi connectivity index (χ0n) is 15.4. The molecule has 1 aliphatic rings. The van der Waals surface area contributed by atoms with Gasteiger partial charge in [-0.3, -0.25) is 14.4 Å².